The Bertz CT molecular complexity index is 553. The van der Waals surface area contributed by atoms with Gasteiger partial charge in [0.05, 0.1) is 0 Å². The summed E-state index contributed by atoms with van der Waals surface area (Å²) in [4.78, 5) is 2.23. The maximum absolute atomic E-state index is 12.5. The fourth-order valence-electron chi connectivity index (χ4n) is 2.47. The lowest BCUT2D eigenvalue weighted by Gasteiger charge is -2.34. The van der Waals surface area contributed by atoms with E-state index in [2.05, 4.69) is 10.00 Å². The van der Waals surface area contributed by atoms with E-state index in [-0.39, 0.29) is 16.8 Å². The Balaban J connectivity index is 2.26. The zero-order valence-corrected chi connectivity index (χ0v) is 12.4. The highest BCUT2D eigenvalue weighted by Crippen LogP contribution is 2.24. The van der Waals surface area contributed by atoms with Crippen molar-refractivity contribution in [2.24, 2.45) is 7.05 Å². The number of sulfonamides is 1. The van der Waals surface area contributed by atoms with Crippen LogP contribution in [0.25, 0.3) is 0 Å². The largest absolute Gasteiger partial charge is 0.381 e. The van der Waals surface area contributed by atoms with Crippen LogP contribution in [0.1, 0.15) is 12.8 Å². The van der Waals surface area contributed by atoms with E-state index in [4.69, 9.17) is 5.73 Å². The number of anilines is 1. The number of nitrogen functional groups attached to an aromatic ring is 1. The molecule has 19 heavy (non-hydrogen) atoms. The summed E-state index contributed by atoms with van der Waals surface area (Å²) in [6.07, 6.45) is 3.33. The van der Waals surface area contributed by atoms with Gasteiger partial charge in [0, 0.05) is 32.9 Å². The summed E-state index contributed by atoms with van der Waals surface area (Å²) in [6.45, 7) is 1.76. The minimum Gasteiger partial charge on any atom is -0.381 e. The first kappa shape index (κ1) is 14.3. The van der Waals surface area contributed by atoms with Crippen LogP contribution in [0.3, 0.4) is 0 Å². The van der Waals surface area contributed by atoms with Crippen molar-refractivity contribution in [2.45, 2.75) is 23.8 Å². The topological polar surface area (TPSA) is 84.5 Å². The van der Waals surface area contributed by atoms with Gasteiger partial charge in [0.2, 0.25) is 10.0 Å². The number of likely N-dealkylation sites (tertiary alicyclic amines) is 1. The van der Waals surface area contributed by atoms with Gasteiger partial charge in [-0.15, -0.1) is 0 Å². The highest BCUT2D eigenvalue weighted by atomic mass is 32.2. The third-order valence-electron chi connectivity index (χ3n) is 3.59. The van der Waals surface area contributed by atoms with Crippen molar-refractivity contribution in [1.29, 1.82) is 0 Å². The molecule has 8 heteroatoms. The number of hydrogen-bond acceptors (Lipinski definition) is 5. The van der Waals surface area contributed by atoms with Crippen molar-refractivity contribution in [3.63, 3.8) is 0 Å². The van der Waals surface area contributed by atoms with Gasteiger partial charge in [0.1, 0.15) is 4.90 Å². The summed E-state index contributed by atoms with van der Waals surface area (Å²) in [5.41, 5.74) is 5.67. The van der Waals surface area contributed by atoms with Gasteiger partial charge in [-0.05, 0) is 26.4 Å². The van der Waals surface area contributed by atoms with Crippen LogP contribution in [-0.2, 0) is 17.1 Å². The van der Waals surface area contributed by atoms with Gasteiger partial charge < -0.3 is 10.6 Å². The molecule has 0 aliphatic carbocycles. The number of piperidine rings is 1. The Morgan fingerprint density at radius 2 is 2.16 bits per heavy atom. The lowest BCUT2D eigenvalue weighted by atomic mass is 10.1. The fraction of sp³-hybridized carbons (Fsp3) is 0.727. The zero-order chi connectivity index (χ0) is 14.2. The maximum Gasteiger partial charge on any atom is 0.248 e. The van der Waals surface area contributed by atoms with Crippen molar-refractivity contribution < 1.29 is 8.42 Å². The smallest absolute Gasteiger partial charge is 0.248 e. The highest BCUT2D eigenvalue weighted by molar-refractivity contribution is 7.89. The second-order valence-corrected chi connectivity index (χ2v) is 7.10. The number of aryl methyl sites for hydroxylation is 1. The molecule has 2 N–H and O–H groups in total. The van der Waals surface area contributed by atoms with Crippen LogP contribution in [0, 0.1) is 0 Å². The van der Waals surface area contributed by atoms with E-state index < -0.39 is 10.0 Å². The van der Waals surface area contributed by atoms with E-state index in [1.807, 2.05) is 7.05 Å². The van der Waals surface area contributed by atoms with Gasteiger partial charge in [-0.2, -0.15) is 9.40 Å². The molecule has 1 atom stereocenters. The number of likely N-dealkylation sites (N-methyl/N-ethyl adjacent to an activating group) is 2. The predicted molar refractivity (Wildman–Crippen MR) is 73.1 cm³/mol. The third kappa shape index (κ3) is 2.75. The van der Waals surface area contributed by atoms with Crippen molar-refractivity contribution in [3.8, 4) is 0 Å². The van der Waals surface area contributed by atoms with Gasteiger partial charge >= 0.3 is 0 Å². The van der Waals surface area contributed by atoms with Crippen LogP contribution >= 0.6 is 0 Å². The van der Waals surface area contributed by atoms with Crippen LogP contribution < -0.4 is 5.73 Å². The van der Waals surface area contributed by atoms with Crippen LogP contribution in [-0.4, -0.2) is 60.6 Å². The molecule has 1 aromatic heterocycles. The molecule has 2 heterocycles. The molecule has 0 radical (unpaired) electrons. The first-order valence-corrected chi connectivity index (χ1v) is 7.72. The highest BCUT2D eigenvalue weighted by Gasteiger charge is 2.32. The first-order valence-electron chi connectivity index (χ1n) is 6.28. The SMILES string of the molecule is CN1CCCC(N(C)S(=O)(=O)c2cn(C)nc2N)C1. The molecule has 1 aromatic rings. The molecule has 108 valence electrons. The Hall–Kier alpha value is -1.12. The number of nitrogens with zero attached hydrogens (tertiary/aromatic N) is 4. The molecule has 1 saturated heterocycles. The third-order valence-corrected chi connectivity index (χ3v) is 5.52. The molecule has 1 aliphatic rings. The maximum atomic E-state index is 12.5. The number of rotatable bonds is 3. The van der Waals surface area contributed by atoms with Gasteiger partial charge in [-0.3, -0.25) is 4.68 Å². The van der Waals surface area contributed by atoms with E-state index in [1.165, 1.54) is 15.2 Å². The minimum absolute atomic E-state index is 0.0108. The molecule has 0 amide bonds. The van der Waals surface area contributed by atoms with E-state index in [1.54, 1.807) is 14.1 Å². The summed E-state index contributed by atoms with van der Waals surface area (Å²) in [7, 11) is 1.70. The Morgan fingerprint density at radius 1 is 1.47 bits per heavy atom. The Morgan fingerprint density at radius 3 is 2.68 bits per heavy atom. The molecule has 0 saturated carbocycles. The second kappa shape index (κ2) is 5.10. The molecule has 2 rings (SSSR count). The molecule has 7 nitrogen and oxygen atoms in total. The van der Waals surface area contributed by atoms with E-state index in [0.29, 0.717) is 0 Å². The average Bonchev–Trinajstić information content (AvgIpc) is 2.68. The van der Waals surface area contributed by atoms with Crippen LogP contribution in [0.4, 0.5) is 5.82 Å². The van der Waals surface area contributed by atoms with E-state index in [0.717, 1.165) is 25.9 Å². The summed E-state index contributed by atoms with van der Waals surface area (Å²) in [6, 6.07) is -0.0108. The molecule has 1 unspecified atom stereocenters. The molecular formula is C11H21N5O2S. The zero-order valence-electron chi connectivity index (χ0n) is 11.6. The first-order chi connectivity index (χ1) is 8.82. The van der Waals surface area contributed by atoms with Crippen molar-refractivity contribution >= 4 is 15.8 Å². The summed E-state index contributed by atoms with van der Waals surface area (Å²) in [5.74, 6) is 0.0542. The van der Waals surface area contributed by atoms with Gasteiger partial charge in [0.25, 0.3) is 0 Å². The van der Waals surface area contributed by atoms with Gasteiger partial charge in [-0.1, -0.05) is 0 Å². The lowest BCUT2D eigenvalue weighted by Crippen LogP contribution is -2.47. The molecular weight excluding hydrogens is 266 g/mol. The van der Waals surface area contributed by atoms with Gasteiger partial charge in [-0.25, -0.2) is 8.42 Å². The van der Waals surface area contributed by atoms with Crippen molar-refractivity contribution in [1.82, 2.24) is 19.0 Å². The standard InChI is InChI=1S/C11H21N5O2S/c1-14-6-4-5-9(7-14)16(3)19(17,18)10-8-15(2)13-11(10)12/h8-9H,4-7H2,1-3H3,(H2,12,13). The Kier molecular flexibility index (Phi) is 3.84. The normalized spacial score (nSPS) is 22.0. The quantitative estimate of drug-likeness (QED) is 0.826. The van der Waals surface area contributed by atoms with Crippen LogP contribution in [0.2, 0.25) is 0 Å². The van der Waals surface area contributed by atoms with E-state index in [9.17, 15) is 8.42 Å². The lowest BCUT2D eigenvalue weighted by molar-refractivity contribution is 0.187. The monoisotopic (exact) mass is 287 g/mol. The Labute approximate surface area is 114 Å². The van der Waals surface area contributed by atoms with Crippen molar-refractivity contribution in [3.05, 3.63) is 6.20 Å². The van der Waals surface area contributed by atoms with Crippen molar-refractivity contribution in [2.75, 3.05) is 32.9 Å². The number of aromatic nitrogens is 2. The molecule has 1 aliphatic heterocycles. The molecule has 0 bridgehead atoms. The van der Waals surface area contributed by atoms with Gasteiger partial charge in [0.15, 0.2) is 5.82 Å². The summed E-state index contributed by atoms with van der Waals surface area (Å²) in [5, 5.41) is 3.90. The van der Waals surface area contributed by atoms with Crippen LogP contribution in [0.15, 0.2) is 11.1 Å². The second-order valence-electron chi connectivity index (χ2n) is 5.13. The molecule has 0 spiro atoms. The van der Waals surface area contributed by atoms with E-state index >= 15 is 0 Å². The predicted octanol–water partition coefficient (Wildman–Crippen LogP) is -0.283. The fourth-order valence-corrected chi connectivity index (χ4v) is 3.94. The molecule has 0 aromatic carbocycles. The summed E-state index contributed by atoms with van der Waals surface area (Å²) < 4.78 is 27.9. The summed E-state index contributed by atoms with van der Waals surface area (Å²) >= 11 is 0. The average molecular weight is 287 g/mol. The van der Waals surface area contributed by atoms with Crippen LogP contribution in [0.5, 0.6) is 0 Å². The molecule has 1 fully saturated rings. The minimum atomic E-state index is -3.57. The number of hydrogen-bond donors (Lipinski definition) is 1. The number of nitrogens with two attached hydrogens (primary N) is 1.